The Morgan fingerprint density at radius 3 is 2.45 bits per heavy atom. The first-order valence-corrected chi connectivity index (χ1v) is 11.7. The van der Waals surface area contributed by atoms with Crippen LogP contribution in [0, 0.1) is 0 Å². The number of thiophene rings is 1. The maximum Gasteiger partial charge on any atom is 0.259 e. The molecule has 1 aliphatic rings. The van der Waals surface area contributed by atoms with Crippen molar-refractivity contribution in [1.29, 1.82) is 0 Å². The minimum atomic E-state index is -0.521. The number of rotatable bonds is 7. The molecule has 1 aliphatic heterocycles. The Labute approximate surface area is 196 Å². The third-order valence-corrected chi connectivity index (χ3v) is 6.46. The number of hydrogen-bond donors (Lipinski definition) is 0. The Balaban J connectivity index is 1.41. The van der Waals surface area contributed by atoms with E-state index in [0.717, 1.165) is 32.8 Å². The average molecular weight is 456 g/mol. The van der Waals surface area contributed by atoms with Crippen molar-refractivity contribution >= 4 is 34.6 Å². The summed E-state index contributed by atoms with van der Waals surface area (Å²) in [4.78, 5) is 16.3. The van der Waals surface area contributed by atoms with E-state index in [-0.39, 0.29) is 12.5 Å². The van der Waals surface area contributed by atoms with Gasteiger partial charge < -0.3 is 9.64 Å². The first-order chi connectivity index (χ1) is 16.2. The molecule has 1 aromatic heterocycles. The molecule has 3 nitrogen and oxygen atoms in total. The third-order valence-electron chi connectivity index (χ3n) is 5.58. The van der Waals surface area contributed by atoms with Crippen molar-refractivity contribution < 1.29 is 13.9 Å². The molecular weight excluding hydrogens is 433 g/mol. The molecule has 0 saturated carbocycles. The monoisotopic (exact) mass is 455 g/mol. The summed E-state index contributed by atoms with van der Waals surface area (Å²) in [6.45, 7) is -0.0243. The lowest BCUT2D eigenvalue weighted by Crippen LogP contribution is -2.25. The molecule has 0 atom stereocenters. The molecule has 0 fully saturated rings. The van der Waals surface area contributed by atoms with Crippen LogP contribution in [0.1, 0.15) is 16.0 Å². The van der Waals surface area contributed by atoms with Gasteiger partial charge in [0.05, 0.1) is 17.8 Å². The Morgan fingerprint density at radius 2 is 1.67 bits per heavy atom. The molecule has 33 heavy (non-hydrogen) atoms. The number of carbonyl (C=O) groups is 1. The Hall–Kier alpha value is -3.70. The number of ether oxygens (including phenoxy) is 1. The summed E-state index contributed by atoms with van der Waals surface area (Å²) in [7, 11) is 0. The molecular formula is C28H22FNO2S. The van der Waals surface area contributed by atoms with Crippen molar-refractivity contribution in [1.82, 2.24) is 0 Å². The number of fused-ring (bicyclic) bond motifs is 1. The van der Waals surface area contributed by atoms with E-state index >= 15 is 0 Å². The Kier molecular flexibility index (Phi) is 6.05. The summed E-state index contributed by atoms with van der Waals surface area (Å²) in [6, 6.07) is 27.7. The van der Waals surface area contributed by atoms with Gasteiger partial charge in [0.2, 0.25) is 0 Å². The van der Waals surface area contributed by atoms with E-state index < -0.39 is 6.67 Å². The normalized spacial score (nSPS) is 14.0. The number of hydrogen-bond acceptors (Lipinski definition) is 3. The fraction of sp³-hybridized carbons (Fsp3) is 0.107. The van der Waals surface area contributed by atoms with Gasteiger partial charge in [-0.3, -0.25) is 4.79 Å². The molecule has 0 radical (unpaired) electrons. The fourth-order valence-corrected chi connectivity index (χ4v) is 4.83. The molecule has 2 heterocycles. The Bertz CT molecular complexity index is 1290. The first-order valence-electron chi connectivity index (χ1n) is 10.8. The summed E-state index contributed by atoms with van der Waals surface area (Å²) in [5, 5.41) is 2.12. The van der Waals surface area contributed by atoms with E-state index in [9.17, 15) is 9.18 Å². The molecule has 0 bridgehead atoms. The summed E-state index contributed by atoms with van der Waals surface area (Å²) in [5.74, 6) is 0.612. The molecule has 0 aliphatic carbocycles. The number of carbonyl (C=O) groups excluding carboxylic acids is 1. The van der Waals surface area contributed by atoms with Crippen molar-refractivity contribution in [2.45, 2.75) is 6.54 Å². The summed E-state index contributed by atoms with van der Waals surface area (Å²) < 4.78 is 17.6. The standard InChI is InChI=1S/C28H22FNO2S/c29-14-15-32-23-12-10-20(11-13-23)18-30-27-9-5-4-8-25(27)26(28(30)31)17-24-16-22(19-33-24)21-6-2-1-3-7-21/h1-13,16-17,19H,14-15,18H2/b26-17-. The summed E-state index contributed by atoms with van der Waals surface area (Å²) >= 11 is 1.63. The van der Waals surface area contributed by atoms with Crippen molar-refractivity contribution in [3.05, 3.63) is 106 Å². The largest absolute Gasteiger partial charge is 0.491 e. The van der Waals surface area contributed by atoms with Gasteiger partial charge in [-0.05, 0) is 52.4 Å². The number of nitrogens with zero attached hydrogens (tertiary/aromatic N) is 1. The molecule has 5 rings (SSSR count). The van der Waals surface area contributed by atoms with Crippen LogP contribution in [-0.4, -0.2) is 19.2 Å². The van der Waals surface area contributed by atoms with Gasteiger partial charge in [-0.25, -0.2) is 4.39 Å². The highest BCUT2D eigenvalue weighted by Gasteiger charge is 2.32. The van der Waals surface area contributed by atoms with Crippen molar-refractivity contribution in [2.24, 2.45) is 0 Å². The number of benzene rings is 3. The lowest BCUT2D eigenvalue weighted by molar-refractivity contribution is -0.113. The number of amides is 1. The maximum atomic E-state index is 13.5. The van der Waals surface area contributed by atoms with Crippen LogP contribution in [0.25, 0.3) is 22.8 Å². The van der Waals surface area contributed by atoms with Crippen LogP contribution in [0.5, 0.6) is 5.75 Å². The van der Waals surface area contributed by atoms with Gasteiger partial charge in [0.15, 0.2) is 0 Å². The van der Waals surface area contributed by atoms with E-state index in [4.69, 9.17) is 4.74 Å². The van der Waals surface area contributed by atoms with Crippen LogP contribution in [-0.2, 0) is 11.3 Å². The minimum absolute atomic E-state index is 0.0105. The zero-order chi connectivity index (χ0) is 22.6. The van der Waals surface area contributed by atoms with Gasteiger partial charge in [0, 0.05) is 10.4 Å². The molecule has 0 saturated heterocycles. The number of anilines is 1. The lowest BCUT2D eigenvalue weighted by Gasteiger charge is -2.17. The molecule has 0 unspecified atom stereocenters. The highest BCUT2D eigenvalue weighted by atomic mass is 32.1. The van der Waals surface area contributed by atoms with Gasteiger partial charge in [-0.2, -0.15) is 0 Å². The average Bonchev–Trinajstić information content (AvgIpc) is 3.43. The van der Waals surface area contributed by atoms with Crippen molar-refractivity contribution in [3.63, 3.8) is 0 Å². The molecule has 164 valence electrons. The molecule has 4 aromatic rings. The van der Waals surface area contributed by atoms with Crippen molar-refractivity contribution in [2.75, 3.05) is 18.2 Å². The van der Waals surface area contributed by atoms with E-state index in [1.54, 1.807) is 11.3 Å². The number of halogens is 1. The lowest BCUT2D eigenvalue weighted by atomic mass is 10.1. The Morgan fingerprint density at radius 1 is 0.909 bits per heavy atom. The van der Waals surface area contributed by atoms with Crippen LogP contribution in [0.4, 0.5) is 10.1 Å². The van der Waals surface area contributed by atoms with E-state index in [1.807, 2.05) is 77.7 Å². The van der Waals surface area contributed by atoms with Gasteiger partial charge in [-0.15, -0.1) is 11.3 Å². The molecule has 0 spiro atoms. The molecule has 3 aromatic carbocycles. The second-order valence-corrected chi connectivity index (χ2v) is 8.69. The van der Waals surface area contributed by atoms with Crippen LogP contribution >= 0.6 is 11.3 Å². The van der Waals surface area contributed by atoms with Crippen LogP contribution in [0.3, 0.4) is 0 Å². The summed E-state index contributed by atoms with van der Waals surface area (Å²) in [6.07, 6.45) is 1.99. The van der Waals surface area contributed by atoms with Gasteiger partial charge in [0.25, 0.3) is 5.91 Å². The van der Waals surface area contributed by atoms with E-state index in [2.05, 4.69) is 23.6 Å². The zero-order valence-electron chi connectivity index (χ0n) is 17.9. The maximum absolute atomic E-state index is 13.5. The van der Waals surface area contributed by atoms with Gasteiger partial charge in [-0.1, -0.05) is 60.7 Å². The van der Waals surface area contributed by atoms with Crippen LogP contribution in [0.2, 0.25) is 0 Å². The van der Waals surface area contributed by atoms with E-state index in [1.165, 1.54) is 0 Å². The zero-order valence-corrected chi connectivity index (χ0v) is 18.7. The topological polar surface area (TPSA) is 29.5 Å². The van der Waals surface area contributed by atoms with Crippen molar-refractivity contribution in [3.8, 4) is 16.9 Å². The predicted octanol–water partition coefficient (Wildman–Crippen LogP) is 6.85. The molecule has 0 N–H and O–H groups in total. The second kappa shape index (κ2) is 9.43. The minimum Gasteiger partial charge on any atom is -0.491 e. The highest BCUT2D eigenvalue weighted by Crippen LogP contribution is 2.39. The quantitative estimate of drug-likeness (QED) is 0.285. The first kappa shape index (κ1) is 21.2. The smallest absolute Gasteiger partial charge is 0.259 e. The second-order valence-electron chi connectivity index (χ2n) is 7.75. The van der Waals surface area contributed by atoms with Crippen LogP contribution in [0.15, 0.2) is 90.3 Å². The van der Waals surface area contributed by atoms with Gasteiger partial charge in [0.1, 0.15) is 19.0 Å². The van der Waals surface area contributed by atoms with E-state index in [0.29, 0.717) is 17.9 Å². The van der Waals surface area contributed by atoms with Crippen LogP contribution < -0.4 is 9.64 Å². The molecule has 5 heteroatoms. The highest BCUT2D eigenvalue weighted by molar-refractivity contribution is 7.11. The number of alkyl halides is 1. The number of para-hydroxylation sites is 1. The third kappa shape index (κ3) is 4.45. The van der Waals surface area contributed by atoms with Gasteiger partial charge >= 0.3 is 0 Å². The SMILES string of the molecule is O=C1/C(=C\c2cc(-c3ccccc3)cs2)c2ccccc2N1Cc1ccc(OCCF)cc1. The summed E-state index contributed by atoms with van der Waals surface area (Å²) in [5.41, 5.74) is 5.85. The molecule has 1 amide bonds. The predicted molar refractivity (Wildman–Crippen MR) is 133 cm³/mol. The fourth-order valence-electron chi connectivity index (χ4n) is 3.99.